The lowest BCUT2D eigenvalue weighted by Crippen LogP contribution is -1.95. The average molecular weight is 285 g/mol. The second-order valence-electron chi connectivity index (χ2n) is 3.01. The highest BCUT2D eigenvalue weighted by Gasteiger charge is 2.04. The second-order valence-corrected chi connectivity index (χ2v) is 5.13. The topological polar surface area (TPSA) is 50.7 Å². The summed E-state index contributed by atoms with van der Waals surface area (Å²) in [6, 6.07) is 0. The van der Waals surface area contributed by atoms with Crippen molar-refractivity contribution in [3.05, 3.63) is 27.4 Å². The Morgan fingerprint density at radius 3 is 2.47 bits per heavy atom. The number of halogens is 1. The summed E-state index contributed by atoms with van der Waals surface area (Å²) in [5.41, 5.74) is 1.04. The van der Waals surface area contributed by atoms with Gasteiger partial charge in [-0.3, -0.25) is 0 Å². The maximum absolute atomic E-state index is 4.34. The van der Waals surface area contributed by atoms with Gasteiger partial charge in [-0.1, -0.05) is 0 Å². The Morgan fingerprint density at radius 2 is 1.93 bits per heavy atom. The molecule has 0 saturated heterocycles. The molecule has 6 heteroatoms. The number of thiazole rings is 1. The normalized spacial score (nSPS) is 10.3. The lowest BCUT2D eigenvalue weighted by atomic mass is 10.4. The fourth-order valence-corrected chi connectivity index (χ4v) is 2.01. The van der Waals surface area contributed by atoms with Crippen LogP contribution >= 0.6 is 27.3 Å². The van der Waals surface area contributed by atoms with Gasteiger partial charge in [-0.05, 0) is 29.8 Å². The quantitative estimate of drug-likeness (QED) is 0.921. The summed E-state index contributed by atoms with van der Waals surface area (Å²) in [4.78, 5) is 13.8. The standard InChI is InChI=1S/C9H9BrN4S/c1-5-6(2)15-9(13-5)14-8-11-3-7(10)4-12-8/h3-4H,1-2H3,(H,11,12,13,14). The van der Waals surface area contributed by atoms with Gasteiger partial charge < -0.3 is 5.32 Å². The van der Waals surface area contributed by atoms with E-state index in [1.807, 2.05) is 13.8 Å². The lowest BCUT2D eigenvalue weighted by molar-refractivity contribution is 1.14. The number of aryl methyl sites for hydroxylation is 2. The van der Waals surface area contributed by atoms with Crippen LogP contribution in [0.2, 0.25) is 0 Å². The van der Waals surface area contributed by atoms with Gasteiger partial charge in [0, 0.05) is 17.3 Å². The number of aromatic nitrogens is 3. The highest BCUT2D eigenvalue weighted by atomic mass is 79.9. The van der Waals surface area contributed by atoms with Crippen molar-refractivity contribution in [2.24, 2.45) is 0 Å². The molecule has 4 nitrogen and oxygen atoms in total. The van der Waals surface area contributed by atoms with Crippen molar-refractivity contribution in [1.82, 2.24) is 15.0 Å². The van der Waals surface area contributed by atoms with Crippen LogP contribution in [0.4, 0.5) is 11.1 Å². The molecule has 0 atom stereocenters. The smallest absolute Gasteiger partial charge is 0.228 e. The summed E-state index contributed by atoms with van der Waals surface area (Å²) < 4.78 is 0.861. The van der Waals surface area contributed by atoms with Gasteiger partial charge in [0.05, 0.1) is 10.2 Å². The van der Waals surface area contributed by atoms with E-state index in [1.54, 1.807) is 23.7 Å². The molecule has 1 N–H and O–H groups in total. The van der Waals surface area contributed by atoms with Crippen LogP contribution in [0.5, 0.6) is 0 Å². The molecule has 0 aliphatic heterocycles. The van der Waals surface area contributed by atoms with Crippen LogP contribution in [-0.2, 0) is 0 Å². The van der Waals surface area contributed by atoms with Gasteiger partial charge in [0.15, 0.2) is 5.13 Å². The number of hydrogen-bond donors (Lipinski definition) is 1. The molecule has 2 aromatic rings. The van der Waals surface area contributed by atoms with E-state index in [-0.39, 0.29) is 0 Å². The number of rotatable bonds is 2. The molecule has 0 aliphatic carbocycles. The van der Waals surface area contributed by atoms with Gasteiger partial charge in [0.2, 0.25) is 5.95 Å². The van der Waals surface area contributed by atoms with Crippen molar-refractivity contribution >= 4 is 38.3 Å². The first-order chi connectivity index (χ1) is 7.15. The van der Waals surface area contributed by atoms with Crippen molar-refractivity contribution in [2.75, 3.05) is 5.32 Å². The van der Waals surface area contributed by atoms with Crippen molar-refractivity contribution in [1.29, 1.82) is 0 Å². The summed E-state index contributed by atoms with van der Waals surface area (Å²) in [6.07, 6.45) is 3.39. The zero-order chi connectivity index (χ0) is 10.8. The molecule has 0 bridgehead atoms. The zero-order valence-electron chi connectivity index (χ0n) is 8.28. The van der Waals surface area contributed by atoms with Crippen LogP contribution in [0, 0.1) is 13.8 Å². The first kappa shape index (κ1) is 10.5. The van der Waals surface area contributed by atoms with E-state index in [0.29, 0.717) is 5.95 Å². The van der Waals surface area contributed by atoms with Crippen LogP contribution in [-0.4, -0.2) is 15.0 Å². The van der Waals surface area contributed by atoms with Gasteiger partial charge in [-0.25, -0.2) is 15.0 Å². The summed E-state index contributed by atoms with van der Waals surface area (Å²) in [5, 5.41) is 3.88. The highest BCUT2D eigenvalue weighted by molar-refractivity contribution is 9.10. The van der Waals surface area contributed by atoms with Gasteiger partial charge in [-0.2, -0.15) is 0 Å². The molecule has 2 rings (SSSR count). The maximum Gasteiger partial charge on any atom is 0.228 e. The van der Waals surface area contributed by atoms with Crippen LogP contribution in [0.25, 0.3) is 0 Å². The van der Waals surface area contributed by atoms with E-state index >= 15 is 0 Å². The van der Waals surface area contributed by atoms with Crippen LogP contribution < -0.4 is 5.32 Å². The molecule has 15 heavy (non-hydrogen) atoms. The monoisotopic (exact) mass is 284 g/mol. The molecule has 0 amide bonds. The van der Waals surface area contributed by atoms with Crippen molar-refractivity contribution in [3.8, 4) is 0 Å². The minimum atomic E-state index is 0.562. The lowest BCUT2D eigenvalue weighted by Gasteiger charge is -1.98. The van der Waals surface area contributed by atoms with Crippen LogP contribution in [0.3, 0.4) is 0 Å². The SMILES string of the molecule is Cc1nc(Nc2ncc(Br)cn2)sc1C. The fraction of sp³-hybridized carbons (Fsp3) is 0.222. The molecule has 0 aromatic carbocycles. The minimum Gasteiger partial charge on any atom is -0.300 e. The molecule has 0 unspecified atom stereocenters. The molecule has 0 aliphatic rings. The largest absolute Gasteiger partial charge is 0.300 e. The molecule has 2 heterocycles. The van der Waals surface area contributed by atoms with E-state index in [0.717, 1.165) is 15.3 Å². The molecule has 2 aromatic heterocycles. The number of hydrogen-bond acceptors (Lipinski definition) is 5. The van der Waals surface area contributed by atoms with Gasteiger partial charge in [0.1, 0.15) is 0 Å². The zero-order valence-corrected chi connectivity index (χ0v) is 10.7. The van der Waals surface area contributed by atoms with E-state index in [4.69, 9.17) is 0 Å². The third kappa shape index (κ3) is 2.51. The summed E-state index contributed by atoms with van der Waals surface area (Å²) in [7, 11) is 0. The predicted octanol–water partition coefficient (Wildman–Crippen LogP) is 3.06. The Balaban J connectivity index is 2.18. The maximum atomic E-state index is 4.34. The second kappa shape index (κ2) is 4.24. The third-order valence-corrected chi connectivity index (χ3v) is 3.27. The number of nitrogens with one attached hydrogen (secondary N) is 1. The van der Waals surface area contributed by atoms with Gasteiger partial charge >= 0.3 is 0 Å². The molecule has 0 spiro atoms. The van der Waals surface area contributed by atoms with E-state index in [1.165, 1.54) is 4.88 Å². The minimum absolute atomic E-state index is 0.562. The summed E-state index contributed by atoms with van der Waals surface area (Å²) >= 11 is 4.88. The Kier molecular flexibility index (Phi) is 2.97. The van der Waals surface area contributed by atoms with Crippen molar-refractivity contribution in [3.63, 3.8) is 0 Å². The average Bonchev–Trinajstić information content (AvgIpc) is 2.50. The summed E-state index contributed by atoms with van der Waals surface area (Å²) in [5.74, 6) is 0.562. The Hall–Kier alpha value is -1.01. The molecular formula is C9H9BrN4S. The first-order valence-corrected chi connectivity index (χ1v) is 5.94. The number of anilines is 2. The molecular weight excluding hydrogens is 276 g/mol. The van der Waals surface area contributed by atoms with Crippen LogP contribution in [0.15, 0.2) is 16.9 Å². The van der Waals surface area contributed by atoms with Crippen molar-refractivity contribution in [2.45, 2.75) is 13.8 Å². The molecule has 0 saturated carbocycles. The van der Waals surface area contributed by atoms with Crippen LogP contribution in [0.1, 0.15) is 10.6 Å². The van der Waals surface area contributed by atoms with E-state index in [2.05, 4.69) is 36.2 Å². The fourth-order valence-electron chi connectivity index (χ4n) is 0.999. The van der Waals surface area contributed by atoms with E-state index < -0.39 is 0 Å². The Morgan fingerprint density at radius 1 is 1.27 bits per heavy atom. The molecule has 0 fully saturated rings. The molecule has 78 valence electrons. The number of nitrogens with zero attached hydrogens (tertiary/aromatic N) is 3. The molecule has 0 radical (unpaired) electrons. The third-order valence-electron chi connectivity index (χ3n) is 1.87. The highest BCUT2D eigenvalue weighted by Crippen LogP contribution is 2.23. The Labute approximate surface area is 99.9 Å². The van der Waals surface area contributed by atoms with E-state index in [9.17, 15) is 0 Å². The van der Waals surface area contributed by atoms with Gasteiger partial charge in [0.25, 0.3) is 0 Å². The van der Waals surface area contributed by atoms with Gasteiger partial charge in [-0.15, -0.1) is 11.3 Å². The van der Waals surface area contributed by atoms with Crippen molar-refractivity contribution < 1.29 is 0 Å². The first-order valence-electron chi connectivity index (χ1n) is 4.34. The predicted molar refractivity (Wildman–Crippen MR) is 64.6 cm³/mol. The summed E-state index contributed by atoms with van der Waals surface area (Å²) in [6.45, 7) is 4.03. The Bertz CT molecular complexity index is 446.